The monoisotopic (exact) mass is 386 g/mol. The molecule has 0 fully saturated rings. The van der Waals surface area contributed by atoms with Crippen molar-refractivity contribution in [2.24, 2.45) is 0 Å². The molecule has 2 rings (SSSR count). The van der Waals surface area contributed by atoms with Crippen LogP contribution in [0.25, 0.3) is 0 Å². The van der Waals surface area contributed by atoms with Gasteiger partial charge < -0.3 is 0 Å². The molecule has 0 nitrogen and oxygen atoms in total. The summed E-state index contributed by atoms with van der Waals surface area (Å²) < 4.78 is 1.05. The normalized spacial score (nSPS) is 12.4. The standard InChI is InChI=1S/C15H13Br2Cl/c1-10-4-2-3-5-11(10)8-14(16)13-7-6-12(18)9-15(13)17/h2-7,9,14H,8H2,1H3. The fourth-order valence-corrected chi connectivity index (χ4v) is 3.91. The van der Waals surface area contributed by atoms with Gasteiger partial charge in [-0.3, -0.25) is 0 Å². The first-order chi connectivity index (χ1) is 8.58. The Balaban J connectivity index is 2.22. The largest absolute Gasteiger partial charge is 0.0843 e. The van der Waals surface area contributed by atoms with Crippen LogP contribution in [0.2, 0.25) is 5.02 Å². The molecule has 0 aliphatic heterocycles. The van der Waals surface area contributed by atoms with Gasteiger partial charge in [0.05, 0.1) is 0 Å². The van der Waals surface area contributed by atoms with Gasteiger partial charge in [-0.05, 0) is 42.2 Å². The van der Waals surface area contributed by atoms with E-state index in [0.29, 0.717) is 0 Å². The molecule has 0 spiro atoms. The Morgan fingerprint density at radius 2 is 1.89 bits per heavy atom. The Labute approximate surface area is 130 Å². The van der Waals surface area contributed by atoms with Gasteiger partial charge in [-0.2, -0.15) is 0 Å². The molecule has 0 aliphatic carbocycles. The van der Waals surface area contributed by atoms with Crippen molar-refractivity contribution in [2.75, 3.05) is 0 Å². The number of hydrogen-bond donors (Lipinski definition) is 0. The van der Waals surface area contributed by atoms with Gasteiger partial charge in [0.15, 0.2) is 0 Å². The molecule has 0 aliphatic rings. The molecule has 1 atom stereocenters. The third kappa shape index (κ3) is 3.37. The number of halogens is 3. The lowest BCUT2D eigenvalue weighted by atomic mass is 10.0. The van der Waals surface area contributed by atoms with Gasteiger partial charge in [-0.1, -0.05) is 73.8 Å². The Morgan fingerprint density at radius 3 is 2.56 bits per heavy atom. The maximum atomic E-state index is 5.96. The van der Waals surface area contributed by atoms with Gasteiger partial charge in [-0.15, -0.1) is 0 Å². The van der Waals surface area contributed by atoms with Crippen molar-refractivity contribution in [3.05, 3.63) is 68.7 Å². The van der Waals surface area contributed by atoms with Crippen LogP contribution in [0.3, 0.4) is 0 Å². The summed E-state index contributed by atoms with van der Waals surface area (Å²) in [5.41, 5.74) is 3.91. The van der Waals surface area contributed by atoms with Gasteiger partial charge in [0.2, 0.25) is 0 Å². The number of rotatable bonds is 3. The minimum absolute atomic E-state index is 0.283. The summed E-state index contributed by atoms with van der Waals surface area (Å²) in [5.74, 6) is 0. The molecule has 2 aromatic rings. The molecule has 0 radical (unpaired) electrons. The van der Waals surface area contributed by atoms with Crippen LogP contribution in [0, 0.1) is 6.92 Å². The first-order valence-corrected chi connectivity index (χ1v) is 7.80. The number of alkyl halides is 1. The number of aryl methyl sites for hydroxylation is 1. The second-order valence-electron chi connectivity index (χ2n) is 4.26. The second-order valence-corrected chi connectivity index (χ2v) is 6.66. The average Bonchev–Trinajstić information content (AvgIpc) is 2.32. The van der Waals surface area contributed by atoms with Crippen LogP contribution < -0.4 is 0 Å². The van der Waals surface area contributed by atoms with E-state index < -0.39 is 0 Å². The third-order valence-electron chi connectivity index (χ3n) is 2.96. The van der Waals surface area contributed by atoms with E-state index in [0.717, 1.165) is 15.9 Å². The maximum Gasteiger partial charge on any atom is 0.0446 e. The predicted molar refractivity (Wildman–Crippen MR) is 85.7 cm³/mol. The summed E-state index contributed by atoms with van der Waals surface area (Å²) in [7, 11) is 0. The van der Waals surface area contributed by atoms with E-state index in [2.05, 4.69) is 69.1 Å². The molecule has 0 bridgehead atoms. The zero-order valence-electron chi connectivity index (χ0n) is 9.96. The zero-order chi connectivity index (χ0) is 13.1. The van der Waals surface area contributed by atoms with Crippen molar-refractivity contribution in [3.8, 4) is 0 Å². The molecule has 94 valence electrons. The Kier molecular flexibility index (Phi) is 4.88. The van der Waals surface area contributed by atoms with E-state index >= 15 is 0 Å². The summed E-state index contributed by atoms with van der Waals surface area (Å²) in [5, 5.41) is 0.751. The lowest BCUT2D eigenvalue weighted by Crippen LogP contribution is -1.98. The van der Waals surface area contributed by atoms with Gasteiger partial charge in [-0.25, -0.2) is 0 Å². The Hall–Kier alpha value is -0.310. The summed E-state index contributed by atoms with van der Waals surface area (Å²) in [6.07, 6.45) is 0.965. The van der Waals surface area contributed by atoms with Crippen LogP contribution in [0.5, 0.6) is 0 Å². The Bertz CT molecular complexity index is 552. The smallest absolute Gasteiger partial charge is 0.0446 e. The van der Waals surface area contributed by atoms with Gasteiger partial charge in [0.1, 0.15) is 0 Å². The SMILES string of the molecule is Cc1ccccc1CC(Br)c1ccc(Cl)cc1Br. The van der Waals surface area contributed by atoms with Crippen molar-refractivity contribution in [3.63, 3.8) is 0 Å². The minimum atomic E-state index is 0.283. The van der Waals surface area contributed by atoms with Gasteiger partial charge >= 0.3 is 0 Å². The predicted octanol–water partition coefficient (Wildman–Crippen LogP) is 6.09. The topological polar surface area (TPSA) is 0 Å². The molecule has 1 unspecified atom stereocenters. The molecular formula is C15H13Br2Cl. The first-order valence-electron chi connectivity index (χ1n) is 5.71. The Morgan fingerprint density at radius 1 is 1.17 bits per heavy atom. The highest BCUT2D eigenvalue weighted by molar-refractivity contribution is 9.11. The fraction of sp³-hybridized carbons (Fsp3) is 0.200. The number of hydrogen-bond acceptors (Lipinski definition) is 0. The van der Waals surface area contributed by atoms with Gasteiger partial charge in [0, 0.05) is 14.3 Å². The van der Waals surface area contributed by atoms with Crippen molar-refractivity contribution >= 4 is 43.5 Å². The van der Waals surface area contributed by atoms with E-state index in [1.165, 1.54) is 16.7 Å². The van der Waals surface area contributed by atoms with Crippen LogP contribution in [0.15, 0.2) is 46.9 Å². The molecule has 0 amide bonds. The zero-order valence-corrected chi connectivity index (χ0v) is 13.9. The molecule has 0 saturated carbocycles. The quantitative estimate of drug-likeness (QED) is 0.558. The van der Waals surface area contributed by atoms with Crippen LogP contribution >= 0.6 is 43.5 Å². The second kappa shape index (κ2) is 6.23. The summed E-state index contributed by atoms with van der Waals surface area (Å²) in [4.78, 5) is 0.283. The van der Waals surface area contributed by atoms with E-state index in [1.807, 2.05) is 12.1 Å². The summed E-state index contributed by atoms with van der Waals surface area (Å²) in [6, 6.07) is 14.4. The molecule has 0 heterocycles. The van der Waals surface area contributed by atoms with E-state index in [4.69, 9.17) is 11.6 Å². The molecule has 0 N–H and O–H groups in total. The lowest BCUT2D eigenvalue weighted by molar-refractivity contribution is 0.933. The van der Waals surface area contributed by atoms with Crippen molar-refractivity contribution in [1.82, 2.24) is 0 Å². The van der Waals surface area contributed by atoms with Crippen molar-refractivity contribution < 1.29 is 0 Å². The summed E-state index contributed by atoms with van der Waals surface area (Å²) >= 11 is 13.3. The highest BCUT2D eigenvalue weighted by atomic mass is 79.9. The van der Waals surface area contributed by atoms with Crippen LogP contribution in [0.4, 0.5) is 0 Å². The molecule has 3 heteroatoms. The van der Waals surface area contributed by atoms with Crippen LogP contribution in [-0.2, 0) is 6.42 Å². The third-order valence-corrected chi connectivity index (χ3v) is 4.70. The molecule has 0 saturated heterocycles. The van der Waals surface area contributed by atoms with Crippen molar-refractivity contribution in [2.45, 2.75) is 18.2 Å². The van der Waals surface area contributed by atoms with E-state index in [1.54, 1.807) is 0 Å². The number of benzene rings is 2. The fourth-order valence-electron chi connectivity index (χ4n) is 1.90. The molecule has 0 aromatic heterocycles. The minimum Gasteiger partial charge on any atom is -0.0843 e. The highest BCUT2D eigenvalue weighted by Gasteiger charge is 2.13. The molecular weight excluding hydrogens is 375 g/mol. The lowest BCUT2D eigenvalue weighted by Gasteiger charge is -2.14. The molecule has 2 aromatic carbocycles. The molecule has 18 heavy (non-hydrogen) atoms. The van der Waals surface area contributed by atoms with E-state index in [-0.39, 0.29) is 4.83 Å². The van der Waals surface area contributed by atoms with E-state index in [9.17, 15) is 0 Å². The maximum absolute atomic E-state index is 5.96. The highest BCUT2D eigenvalue weighted by Crippen LogP contribution is 2.34. The van der Waals surface area contributed by atoms with Gasteiger partial charge in [0.25, 0.3) is 0 Å². The summed E-state index contributed by atoms with van der Waals surface area (Å²) in [6.45, 7) is 2.14. The average molecular weight is 389 g/mol. The van der Waals surface area contributed by atoms with Crippen molar-refractivity contribution in [1.29, 1.82) is 0 Å². The first kappa shape index (κ1) is 14.1. The van der Waals surface area contributed by atoms with Crippen LogP contribution in [-0.4, -0.2) is 0 Å². The van der Waals surface area contributed by atoms with Crippen LogP contribution in [0.1, 0.15) is 21.5 Å².